The van der Waals surface area contributed by atoms with E-state index >= 15 is 0 Å². The molecule has 9 heteroatoms. The lowest BCUT2D eigenvalue weighted by Gasteiger charge is -2.33. The molecule has 0 aliphatic carbocycles. The third-order valence-electron chi connectivity index (χ3n) is 7.58. The number of nitrogens with zero attached hydrogens (tertiary/aromatic N) is 3. The van der Waals surface area contributed by atoms with Gasteiger partial charge in [0.2, 0.25) is 10.0 Å². The summed E-state index contributed by atoms with van der Waals surface area (Å²) in [5.74, 6) is -0.0101. The zero-order chi connectivity index (χ0) is 28.1. The lowest BCUT2D eigenvalue weighted by atomic mass is 9.99. The summed E-state index contributed by atoms with van der Waals surface area (Å²) in [7, 11) is -3.69. The van der Waals surface area contributed by atoms with E-state index in [4.69, 9.17) is 4.74 Å². The van der Waals surface area contributed by atoms with Gasteiger partial charge in [-0.25, -0.2) is 13.2 Å². The molecular weight excluding hydrogens is 526 g/mol. The van der Waals surface area contributed by atoms with Crippen LogP contribution in [0.25, 0.3) is 0 Å². The number of carbonyl (C=O) groups is 2. The largest absolute Gasteiger partial charge is 0.450 e. The fraction of sp³-hybridized carbons (Fsp3) is 0.355. The van der Waals surface area contributed by atoms with Crippen LogP contribution in [0.15, 0.2) is 77.7 Å². The maximum Gasteiger partial charge on any atom is 0.409 e. The number of hydrogen-bond donors (Lipinski definition) is 0. The molecule has 0 saturated carbocycles. The first-order chi connectivity index (χ1) is 19.3. The Balaban J connectivity index is 1.14. The number of sulfonamides is 1. The van der Waals surface area contributed by atoms with E-state index in [1.807, 2.05) is 24.3 Å². The van der Waals surface area contributed by atoms with E-state index in [0.29, 0.717) is 5.56 Å². The van der Waals surface area contributed by atoms with E-state index in [-0.39, 0.29) is 49.9 Å². The molecule has 210 valence electrons. The summed E-state index contributed by atoms with van der Waals surface area (Å²) < 4.78 is 32.6. The Bertz CT molecular complexity index is 1450. The predicted molar refractivity (Wildman–Crippen MR) is 153 cm³/mol. The van der Waals surface area contributed by atoms with Gasteiger partial charge in [0, 0.05) is 57.8 Å². The second kappa shape index (κ2) is 12.3. The van der Waals surface area contributed by atoms with Crippen molar-refractivity contribution in [2.75, 3.05) is 39.3 Å². The topological polar surface area (TPSA) is 87.2 Å². The molecule has 1 amide bonds. The molecule has 5 rings (SSSR count). The van der Waals surface area contributed by atoms with Gasteiger partial charge in [0.05, 0.1) is 11.5 Å². The molecule has 0 radical (unpaired) electrons. The fourth-order valence-electron chi connectivity index (χ4n) is 5.28. The van der Waals surface area contributed by atoms with Crippen LogP contribution in [-0.4, -0.2) is 73.7 Å². The molecule has 8 nitrogen and oxygen atoms in total. The van der Waals surface area contributed by atoms with Crippen LogP contribution in [0.4, 0.5) is 4.79 Å². The van der Waals surface area contributed by atoms with Gasteiger partial charge in [-0.15, -0.1) is 0 Å². The first-order valence-electron chi connectivity index (χ1n) is 13.8. The number of amides is 1. The van der Waals surface area contributed by atoms with Crippen molar-refractivity contribution in [3.05, 3.63) is 101 Å². The third-order valence-corrected chi connectivity index (χ3v) is 9.50. The van der Waals surface area contributed by atoms with Gasteiger partial charge in [0.15, 0.2) is 5.78 Å². The van der Waals surface area contributed by atoms with Crippen LogP contribution in [0.3, 0.4) is 0 Å². The minimum atomic E-state index is -3.69. The van der Waals surface area contributed by atoms with Gasteiger partial charge in [-0.1, -0.05) is 60.7 Å². The van der Waals surface area contributed by atoms with Crippen molar-refractivity contribution in [2.45, 2.75) is 37.8 Å². The Morgan fingerprint density at radius 3 is 2.12 bits per heavy atom. The van der Waals surface area contributed by atoms with E-state index in [1.165, 1.54) is 25.9 Å². The normalized spacial score (nSPS) is 16.4. The van der Waals surface area contributed by atoms with Crippen molar-refractivity contribution < 1.29 is 22.7 Å². The van der Waals surface area contributed by atoms with Gasteiger partial charge in [-0.05, 0) is 47.7 Å². The van der Waals surface area contributed by atoms with Crippen LogP contribution < -0.4 is 0 Å². The molecule has 0 unspecified atom stereocenters. The summed E-state index contributed by atoms with van der Waals surface area (Å²) in [6, 6.07) is 22.9. The van der Waals surface area contributed by atoms with Crippen LogP contribution in [0.2, 0.25) is 0 Å². The van der Waals surface area contributed by atoms with Gasteiger partial charge >= 0.3 is 6.09 Å². The monoisotopic (exact) mass is 561 g/mol. The van der Waals surface area contributed by atoms with Gasteiger partial charge < -0.3 is 9.64 Å². The van der Waals surface area contributed by atoms with Crippen molar-refractivity contribution in [1.29, 1.82) is 0 Å². The number of piperazine rings is 1. The molecule has 1 saturated heterocycles. The summed E-state index contributed by atoms with van der Waals surface area (Å²) in [6.45, 7) is 5.82. The molecular formula is C31H35N3O5S. The van der Waals surface area contributed by atoms with Gasteiger partial charge in [-0.2, -0.15) is 4.31 Å². The highest BCUT2D eigenvalue weighted by Gasteiger charge is 2.30. The van der Waals surface area contributed by atoms with Gasteiger partial charge in [0.1, 0.15) is 0 Å². The minimum absolute atomic E-state index is 0.0101. The first kappa shape index (κ1) is 28.0. The van der Waals surface area contributed by atoms with Crippen LogP contribution in [0, 0.1) is 0 Å². The Hall–Kier alpha value is -3.53. The van der Waals surface area contributed by atoms with Crippen molar-refractivity contribution >= 4 is 21.9 Å². The van der Waals surface area contributed by atoms with Crippen LogP contribution in [-0.2, 0) is 40.7 Å². The smallest absolute Gasteiger partial charge is 0.409 e. The van der Waals surface area contributed by atoms with E-state index in [2.05, 4.69) is 29.2 Å². The number of ether oxygens (including phenoxy) is 1. The molecule has 40 heavy (non-hydrogen) atoms. The molecule has 2 aliphatic rings. The van der Waals surface area contributed by atoms with Gasteiger partial charge in [0.25, 0.3) is 0 Å². The maximum absolute atomic E-state index is 13.1. The predicted octanol–water partition coefficient (Wildman–Crippen LogP) is 4.13. The molecule has 0 N–H and O–H groups in total. The highest BCUT2D eigenvalue weighted by Crippen LogP contribution is 2.22. The van der Waals surface area contributed by atoms with E-state index in [1.54, 1.807) is 31.2 Å². The quantitative estimate of drug-likeness (QED) is 0.385. The van der Waals surface area contributed by atoms with Crippen molar-refractivity contribution in [1.82, 2.24) is 14.1 Å². The summed E-state index contributed by atoms with van der Waals surface area (Å²) in [5, 5.41) is 0. The molecule has 0 bridgehead atoms. The van der Waals surface area contributed by atoms with Crippen molar-refractivity contribution in [3.63, 3.8) is 0 Å². The van der Waals surface area contributed by atoms with Gasteiger partial charge in [-0.3, -0.25) is 9.69 Å². The highest BCUT2D eigenvalue weighted by atomic mass is 32.2. The lowest BCUT2D eigenvalue weighted by molar-refractivity contribution is 0.0933. The molecule has 1 fully saturated rings. The molecule has 0 aromatic heterocycles. The zero-order valence-electron chi connectivity index (χ0n) is 22.8. The zero-order valence-corrected chi connectivity index (χ0v) is 23.6. The molecule has 0 atom stereocenters. The summed E-state index contributed by atoms with van der Waals surface area (Å²) in [6.07, 6.45) is 0.830. The number of benzene rings is 3. The van der Waals surface area contributed by atoms with E-state index < -0.39 is 16.1 Å². The van der Waals surface area contributed by atoms with Crippen LogP contribution >= 0.6 is 0 Å². The Labute approximate surface area is 236 Å². The average molecular weight is 562 g/mol. The number of Topliss-reactive ketones (excluding diaryl/α,β-unsaturated/α-hetero) is 1. The second-order valence-electron chi connectivity index (χ2n) is 10.3. The van der Waals surface area contributed by atoms with Crippen molar-refractivity contribution in [3.8, 4) is 0 Å². The van der Waals surface area contributed by atoms with Crippen molar-refractivity contribution in [2.24, 2.45) is 0 Å². The fourth-order valence-corrected chi connectivity index (χ4v) is 6.71. The first-order valence-corrected chi connectivity index (χ1v) is 15.2. The molecule has 3 aromatic carbocycles. The number of hydrogen-bond acceptors (Lipinski definition) is 6. The lowest BCUT2D eigenvalue weighted by Crippen LogP contribution is -2.50. The summed E-state index contributed by atoms with van der Waals surface area (Å²) in [5.41, 5.74) is 5.39. The summed E-state index contributed by atoms with van der Waals surface area (Å²) >= 11 is 0. The highest BCUT2D eigenvalue weighted by molar-refractivity contribution is 7.89. The second-order valence-corrected chi connectivity index (χ2v) is 12.2. The maximum atomic E-state index is 13.1. The molecule has 0 spiro atoms. The Morgan fingerprint density at radius 1 is 0.800 bits per heavy atom. The molecule has 3 aromatic rings. The Kier molecular flexibility index (Phi) is 8.63. The van der Waals surface area contributed by atoms with Crippen LogP contribution in [0.5, 0.6) is 0 Å². The Morgan fingerprint density at radius 2 is 1.45 bits per heavy atom. The SMILES string of the molecule is CCOC(=O)N1CCN(S(=O)(=O)c2ccc(CC(=O)c3ccc(CN4CCc5ccccc5C4)cc3)cc2)CC1. The number of carbonyl (C=O) groups excluding carboxylic acids is 2. The van der Waals surface area contributed by atoms with E-state index in [0.717, 1.165) is 31.6 Å². The number of fused-ring (bicyclic) bond motifs is 1. The standard InChI is InChI=1S/C31H35N3O5S/c1-2-39-31(36)33-17-19-34(20-18-33)40(37,38)29-13-9-24(10-14-29)21-30(35)27-11-7-25(8-12-27)22-32-16-15-26-5-3-4-6-28(26)23-32/h3-14H,2,15-23H2,1H3. The third kappa shape index (κ3) is 6.43. The molecule has 2 aliphatic heterocycles. The minimum Gasteiger partial charge on any atom is -0.450 e. The number of rotatable bonds is 8. The molecule has 2 heterocycles. The van der Waals surface area contributed by atoms with Crippen LogP contribution in [0.1, 0.15) is 39.5 Å². The average Bonchev–Trinajstić information content (AvgIpc) is 2.98. The number of ketones is 1. The van der Waals surface area contributed by atoms with E-state index in [9.17, 15) is 18.0 Å². The summed E-state index contributed by atoms with van der Waals surface area (Å²) in [4.78, 5) is 29.0.